The zero-order valence-electron chi connectivity index (χ0n) is 11.4. The van der Waals surface area contributed by atoms with Gasteiger partial charge in [-0.25, -0.2) is 4.98 Å². The number of rotatable bonds is 7. The van der Waals surface area contributed by atoms with Crippen molar-refractivity contribution in [3.8, 4) is 0 Å². The predicted molar refractivity (Wildman–Crippen MR) is 79.9 cm³/mol. The molecule has 0 saturated heterocycles. The van der Waals surface area contributed by atoms with Crippen molar-refractivity contribution in [1.82, 2.24) is 14.9 Å². The van der Waals surface area contributed by atoms with E-state index in [1.54, 1.807) is 12.5 Å². The highest BCUT2D eigenvalue weighted by Crippen LogP contribution is 2.00. The molecular formula is C16H19N3O. The van der Waals surface area contributed by atoms with Gasteiger partial charge in [0.15, 0.2) is 0 Å². The average molecular weight is 269 g/mol. The number of hydrogen-bond donors (Lipinski definition) is 1. The number of imidazole rings is 1. The van der Waals surface area contributed by atoms with Crippen LogP contribution in [-0.2, 0) is 11.3 Å². The van der Waals surface area contributed by atoms with E-state index in [1.807, 2.05) is 53.2 Å². The molecule has 4 nitrogen and oxygen atoms in total. The summed E-state index contributed by atoms with van der Waals surface area (Å²) in [4.78, 5) is 15.6. The van der Waals surface area contributed by atoms with Crippen LogP contribution in [0.15, 0.2) is 55.1 Å². The van der Waals surface area contributed by atoms with Gasteiger partial charge in [-0.15, -0.1) is 0 Å². The van der Waals surface area contributed by atoms with Gasteiger partial charge in [0.05, 0.1) is 6.33 Å². The Morgan fingerprint density at radius 3 is 2.90 bits per heavy atom. The number of hydrogen-bond acceptors (Lipinski definition) is 2. The summed E-state index contributed by atoms with van der Waals surface area (Å²) >= 11 is 0. The van der Waals surface area contributed by atoms with Crippen LogP contribution < -0.4 is 5.32 Å². The summed E-state index contributed by atoms with van der Waals surface area (Å²) in [6.45, 7) is 1.39. The Morgan fingerprint density at radius 2 is 2.15 bits per heavy atom. The van der Waals surface area contributed by atoms with Crippen LogP contribution in [0.1, 0.15) is 18.4 Å². The minimum atomic E-state index is 0.0860. The van der Waals surface area contributed by atoms with E-state index in [0.717, 1.165) is 18.5 Å². The smallest absolute Gasteiger partial charge is 0.220 e. The molecule has 0 atom stereocenters. The number of aromatic nitrogens is 2. The maximum atomic E-state index is 11.6. The number of benzene rings is 1. The van der Waals surface area contributed by atoms with Crippen molar-refractivity contribution in [1.29, 1.82) is 0 Å². The summed E-state index contributed by atoms with van der Waals surface area (Å²) < 4.78 is 1.97. The minimum Gasteiger partial charge on any atom is -0.353 e. The van der Waals surface area contributed by atoms with Crippen LogP contribution in [0.3, 0.4) is 0 Å². The van der Waals surface area contributed by atoms with Crippen LogP contribution in [0, 0.1) is 0 Å². The molecule has 1 aromatic heterocycles. The lowest BCUT2D eigenvalue weighted by molar-refractivity contribution is -0.121. The number of nitrogens with zero attached hydrogens (tertiary/aromatic N) is 2. The van der Waals surface area contributed by atoms with Gasteiger partial charge in [0.25, 0.3) is 0 Å². The van der Waals surface area contributed by atoms with E-state index < -0.39 is 0 Å². The van der Waals surface area contributed by atoms with Crippen molar-refractivity contribution in [3.63, 3.8) is 0 Å². The standard InChI is InChI=1S/C16H19N3O/c20-16(9-5-12-19-13-11-17-14-19)18-10-4-8-15-6-2-1-3-7-15/h1-4,6-8,11,13-14H,5,9-10,12H2,(H,18,20). The van der Waals surface area contributed by atoms with E-state index in [2.05, 4.69) is 10.3 Å². The highest BCUT2D eigenvalue weighted by Gasteiger charge is 1.99. The van der Waals surface area contributed by atoms with Gasteiger partial charge in [-0.2, -0.15) is 0 Å². The molecule has 0 spiro atoms. The normalized spacial score (nSPS) is 10.8. The third kappa shape index (κ3) is 5.10. The first-order chi connectivity index (χ1) is 9.84. The van der Waals surface area contributed by atoms with E-state index in [1.165, 1.54) is 0 Å². The summed E-state index contributed by atoms with van der Waals surface area (Å²) in [7, 11) is 0. The summed E-state index contributed by atoms with van der Waals surface area (Å²) in [6.07, 6.45) is 10.7. The zero-order chi connectivity index (χ0) is 14.0. The second kappa shape index (κ2) is 7.94. The lowest BCUT2D eigenvalue weighted by Crippen LogP contribution is -2.23. The number of carbonyl (C=O) groups is 1. The van der Waals surface area contributed by atoms with Gasteiger partial charge in [-0.1, -0.05) is 42.5 Å². The Bertz CT molecular complexity index is 532. The number of nitrogens with one attached hydrogen (secondary N) is 1. The predicted octanol–water partition coefficient (Wildman–Crippen LogP) is 2.49. The van der Waals surface area contributed by atoms with Gasteiger partial charge >= 0.3 is 0 Å². The molecule has 1 heterocycles. The maximum absolute atomic E-state index is 11.6. The second-order valence-corrected chi connectivity index (χ2v) is 4.52. The Labute approximate surface area is 119 Å². The second-order valence-electron chi connectivity index (χ2n) is 4.52. The van der Waals surface area contributed by atoms with Crippen molar-refractivity contribution in [3.05, 3.63) is 60.7 Å². The van der Waals surface area contributed by atoms with E-state index >= 15 is 0 Å². The first kappa shape index (κ1) is 14.1. The fourth-order valence-electron chi connectivity index (χ4n) is 1.86. The molecule has 0 fully saturated rings. The minimum absolute atomic E-state index is 0.0860. The maximum Gasteiger partial charge on any atom is 0.220 e. The van der Waals surface area contributed by atoms with Crippen molar-refractivity contribution >= 4 is 12.0 Å². The molecular weight excluding hydrogens is 250 g/mol. The molecule has 0 aliphatic carbocycles. The molecule has 0 radical (unpaired) electrons. The average Bonchev–Trinajstić information content (AvgIpc) is 2.98. The van der Waals surface area contributed by atoms with Gasteiger partial charge in [-0.3, -0.25) is 4.79 Å². The van der Waals surface area contributed by atoms with E-state index in [-0.39, 0.29) is 5.91 Å². The summed E-state index contributed by atoms with van der Waals surface area (Å²) in [5, 5.41) is 2.88. The van der Waals surface area contributed by atoms with E-state index in [9.17, 15) is 4.79 Å². The largest absolute Gasteiger partial charge is 0.353 e. The van der Waals surface area contributed by atoms with Gasteiger partial charge in [0, 0.05) is 31.9 Å². The Balaban J connectivity index is 1.59. The van der Waals surface area contributed by atoms with Gasteiger partial charge in [-0.05, 0) is 12.0 Å². The highest BCUT2D eigenvalue weighted by atomic mass is 16.1. The van der Waals surface area contributed by atoms with Crippen LogP contribution in [0.4, 0.5) is 0 Å². The molecule has 0 unspecified atom stereocenters. The number of carbonyl (C=O) groups excluding carboxylic acids is 1. The van der Waals surface area contributed by atoms with Gasteiger partial charge in [0.1, 0.15) is 0 Å². The summed E-state index contributed by atoms with van der Waals surface area (Å²) in [5.41, 5.74) is 1.14. The Hall–Kier alpha value is -2.36. The van der Waals surface area contributed by atoms with Crippen LogP contribution in [0.5, 0.6) is 0 Å². The van der Waals surface area contributed by atoms with Crippen molar-refractivity contribution in [2.75, 3.05) is 6.54 Å². The molecule has 0 aliphatic heterocycles. The molecule has 104 valence electrons. The first-order valence-electron chi connectivity index (χ1n) is 6.78. The number of amides is 1. The SMILES string of the molecule is O=C(CCCn1ccnc1)NCC=Cc1ccccc1. The molecule has 0 aliphatic rings. The van der Waals surface area contributed by atoms with Crippen LogP contribution in [0.2, 0.25) is 0 Å². The van der Waals surface area contributed by atoms with E-state index in [0.29, 0.717) is 13.0 Å². The zero-order valence-corrected chi connectivity index (χ0v) is 11.4. The van der Waals surface area contributed by atoms with Gasteiger partial charge in [0.2, 0.25) is 5.91 Å². The quantitative estimate of drug-likeness (QED) is 0.839. The van der Waals surface area contributed by atoms with Crippen molar-refractivity contribution in [2.45, 2.75) is 19.4 Å². The van der Waals surface area contributed by atoms with Crippen molar-refractivity contribution < 1.29 is 4.79 Å². The molecule has 1 aromatic carbocycles. The fraction of sp³-hybridized carbons (Fsp3) is 0.250. The third-order valence-corrected chi connectivity index (χ3v) is 2.91. The molecule has 2 rings (SSSR count). The van der Waals surface area contributed by atoms with Crippen LogP contribution in [0.25, 0.3) is 6.08 Å². The molecule has 1 amide bonds. The fourth-order valence-corrected chi connectivity index (χ4v) is 1.86. The molecule has 20 heavy (non-hydrogen) atoms. The van der Waals surface area contributed by atoms with E-state index in [4.69, 9.17) is 0 Å². The monoisotopic (exact) mass is 269 g/mol. The summed E-state index contributed by atoms with van der Waals surface area (Å²) in [6, 6.07) is 10.0. The lowest BCUT2D eigenvalue weighted by Gasteiger charge is -2.03. The Kier molecular flexibility index (Phi) is 5.58. The highest BCUT2D eigenvalue weighted by molar-refractivity contribution is 5.76. The molecule has 2 aromatic rings. The lowest BCUT2D eigenvalue weighted by atomic mass is 10.2. The topological polar surface area (TPSA) is 46.9 Å². The third-order valence-electron chi connectivity index (χ3n) is 2.91. The molecule has 0 saturated carbocycles. The molecule has 4 heteroatoms. The summed E-state index contributed by atoms with van der Waals surface area (Å²) in [5.74, 6) is 0.0860. The van der Waals surface area contributed by atoms with Gasteiger partial charge < -0.3 is 9.88 Å². The Morgan fingerprint density at radius 1 is 1.30 bits per heavy atom. The molecule has 0 bridgehead atoms. The van der Waals surface area contributed by atoms with Crippen LogP contribution in [-0.4, -0.2) is 22.0 Å². The van der Waals surface area contributed by atoms with Crippen LogP contribution >= 0.6 is 0 Å². The number of aryl methyl sites for hydroxylation is 1. The first-order valence-corrected chi connectivity index (χ1v) is 6.78. The van der Waals surface area contributed by atoms with Crippen molar-refractivity contribution in [2.24, 2.45) is 0 Å². The molecule has 1 N–H and O–H groups in total.